The van der Waals surface area contributed by atoms with Crippen molar-refractivity contribution in [3.8, 4) is 0 Å². The van der Waals surface area contributed by atoms with E-state index in [0.717, 1.165) is 12.5 Å². The Morgan fingerprint density at radius 1 is 1.29 bits per heavy atom. The summed E-state index contributed by atoms with van der Waals surface area (Å²) in [6, 6.07) is 0.121. The topological polar surface area (TPSA) is 55.1 Å². The quantitative estimate of drug-likeness (QED) is 0.819. The number of amides is 1. The molecule has 4 heteroatoms. The van der Waals surface area contributed by atoms with E-state index in [2.05, 4.69) is 19.2 Å². The monoisotopic (exact) mass is 314 g/mol. The molecule has 0 radical (unpaired) electrons. The van der Waals surface area contributed by atoms with Gasteiger partial charge in [-0.25, -0.2) is 0 Å². The van der Waals surface area contributed by atoms with Gasteiger partial charge in [0.2, 0.25) is 5.91 Å². The number of carbonyl (C=O) groups is 1. The normalized spacial score (nSPS) is 36.2. The molecular formula is C17H31ClN2O. The van der Waals surface area contributed by atoms with E-state index >= 15 is 0 Å². The number of nitrogens with one attached hydrogen (secondary N) is 1. The van der Waals surface area contributed by atoms with E-state index < -0.39 is 0 Å². The number of halogens is 1. The molecule has 3 aliphatic rings. The third-order valence-electron chi connectivity index (χ3n) is 6.18. The highest BCUT2D eigenvalue weighted by Gasteiger charge is 2.49. The molecule has 2 bridgehead atoms. The van der Waals surface area contributed by atoms with Crippen molar-refractivity contribution in [1.29, 1.82) is 0 Å². The molecule has 0 aromatic carbocycles. The van der Waals surface area contributed by atoms with Crippen molar-refractivity contribution in [2.24, 2.45) is 34.8 Å². The largest absolute Gasteiger partial charge is 0.355 e. The third-order valence-corrected chi connectivity index (χ3v) is 6.18. The second kappa shape index (κ2) is 6.45. The van der Waals surface area contributed by atoms with Crippen molar-refractivity contribution < 1.29 is 4.79 Å². The predicted octanol–water partition coefficient (Wildman–Crippen LogP) is 3.11. The minimum atomic E-state index is 0. The van der Waals surface area contributed by atoms with Gasteiger partial charge in [0.25, 0.3) is 0 Å². The number of nitrogens with two attached hydrogens (primary N) is 1. The molecule has 21 heavy (non-hydrogen) atoms. The van der Waals surface area contributed by atoms with Crippen molar-refractivity contribution in [3.05, 3.63) is 0 Å². The zero-order valence-electron chi connectivity index (χ0n) is 13.4. The SMILES string of the molecule is CC(C)CC1(CNC(=O)C2C3CCC(C3)C2N)CCC1.Cl. The van der Waals surface area contributed by atoms with Gasteiger partial charge in [-0.3, -0.25) is 4.79 Å². The van der Waals surface area contributed by atoms with Crippen LogP contribution in [-0.2, 0) is 4.79 Å². The van der Waals surface area contributed by atoms with Crippen LogP contribution in [0.4, 0.5) is 0 Å². The Balaban J connectivity index is 0.00000161. The Kier molecular flexibility index (Phi) is 5.25. The lowest BCUT2D eigenvalue weighted by atomic mass is 9.64. The van der Waals surface area contributed by atoms with Crippen LogP contribution in [0.2, 0.25) is 0 Å². The van der Waals surface area contributed by atoms with Crippen LogP contribution in [-0.4, -0.2) is 18.5 Å². The first-order valence-electron chi connectivity index (χ1n) is 8.54. The second-order valence-electron chi connectivity index (χ2n) is 8.11. The molecule has 0 aliphatic heterocycles. The molecule has 3 rings (SSSR count). The van der Waals surface area contributed by atoms with Crippen LogP contribution < -0.4 is 11.1 Å². The van der Waals surface area contributed by atoms with E-state index in [1.54, 1.807) is 0 Å². The predicted molar refractivity (Wildman–Crippen MR) is 88.3 cm³/mol. The van der Waals surface area contributed by atoms with Crippen molar-refractivity contribution in [2.75, 3.05) is 6.54 Å². The van der Waals surface area contributed by atoms with Gasteiger partial charge in [0.05, 0.1) is 5.92 Å². The van der Waals surface area contributed by atoms with E-state index in [9.17, 15) is 4.79 Å². The highest BCUT2D eigenvalue weighted by atomic mass is 35.5. The molecule has 3 aliphatic carbocycles. The minimum Gasteiger partial charge on any atom is -0.355 e. The Morgan fingerprint density at radius 2 is 1.95 bits per heavy atom. The lowest BCUT2D eigenvalue weighted by Crippen LogP contribution is -2.49. The van der Waals surface area contributed by atoms with E-state index in [0.29, 0.717) is 17.3 Å². The van der Waals surface area contributed by atoms with Gasteiger partial charge in [-0.1, -0.05) is 20.3 Å². The minimum absolute atomic E-state index is 0. The molecular weight excluding hydrogens is 284 g/mol. The van der Waals surface area contributed by atoms with Crippen molar-refractivity contribution >= 4 is 18.3 Å². The van der Waals surface area contributed by atoms with Crippen molar-refractivity contribution in [1.82, 2.24) is 5.32 Å². The maximum absolute atomic E-state index is 12.5. The first-order valence-corrected chi connectivity index (χ1v) is 8.54. The molecule has 1 amide bonds. The van der Waals surface area contributed by atoms with Gasteiger partial charge in [-0.05, 0) is 61.7 Å². The first kappa shape index (κ1) is 17.1. The number of fused-ring (bicyclic) bond motifs is 2. The highest BCUT2D eigenvalue weighted by molar-refractivity contribution is 5.85. The summed E-state index contributed by atoms with van der Waals surface area (Å²) in [4.78, 5) is 12.5. The van der Waals surface area contributed by atoms with Gasteiger partial charge in [0.15, 0.2) is 0 Å². The molecule has 0 saturated heterocycles. The zero-order chi connectivity index (χ0) is 14.3. The fraction of sp³-hybridized carbons (Fsp3) is 0.941. The standard InChI is InChI=1S/C17H30N2O.ClH/c1-11(2)9-17(6-3-7-17)10-19-16(20)14-12-4-5-13(8-12)15(14)18;/h11-15H,3-10,18H2,1-2H3,(H,19,20);1H. The summed E-state index contributed by atoms with van der Waals surface area (Å²) < 4.78 is 0. The fourth-order valence-corrected chi connectivity index (χ4v) is 5.11. The number of hydrogen-bond donors (Lipinski definition) is 2. The summed E-state index contributed by atoms with van der Waals surface area (Å²) in [6.07, 6.45) is 8.80. The molecule has 3 fully saturated rings. The zero-order valence-corrected chi connectivity index (χ0v) is 14.3. The van der Waals surface area contributed by atoms with Crippen molar-refractivity contribution in [2.45, 2.75) is 64.8 Å². The fourth-order valence-electron chi connectivity index (χ4n) is 5.11. The molecule has 3 saturated carbocycles. The van der Waals surface area contributed by atoms with Crippen LogP contribution in [0, 0.1) is 29.1 Å². The molecule has 0 spiro atoms. The Labute approximate surface area is 135 Å². The van der Waals surface area contributed by atoms with Gasteiger partial charge < -0.3 is 11.1 Å². The lowest BCUT2D eigenvalue weighted by Gasteiger charge is -2.44. The van der Waals surface area contributed by atoms with Crippen LogP contribution >= 0.6 is 12.4 Å². The van der Waals surface area contributed by atoms with Crippen LogP contribution in [0.5, 0.6) is 0 Å². The molecule has 3 nitrogen and oxygen atoms in total. The van der Waals surface area contributed by atoms with Crippen LogP contribution in [0.25, 0.3) is 0 Å². The second-order valence-corrected chi connectivity index (χ2v) is 8.11. The van der Waals surface area contributed by atoms with Gasteiger partial charge in [-0.15, -0.1) is 12.4 Å². The molecule has 122 valence electrons. The number of carbonyl (C=O) groups excluding carboxylic acids is 1. The van der Waals surface area contributed by atoms with E-state index in [4.69, 9.17) is 5.73 Å². The lowest BCUT2D eigenvalue weighted by molar-refractivity contribution is -0.128. The Bertz CT molecular complexity index is 379. The van der Waals surface area contributed by atoms with Gasteiger partial charge in [0, 0.05) is 12.6 Å². The molecule has 0 heterocycles. The van der Waals surface area contributed by atoms with Gasteiger partial charge in [0.1, 0.15) is 0 Å². The van der Waals surface area contributed by atoms with Gasteiger partial charge >= 0.3 is 0 Å². The highest BCUT2D eigenvalue weighted by Crippen LogP contribution is 2.48. The smallest absolute Gasteiger partial charge is 0.224 e. The average molecular weight is 315 g/mol. The maximum atomic E-state index is 12.5. The first-order chi connectivity index (χ1) is 9.51. The Hall–Kier alpha value is -0.280. The summed E-state index contributed by atoms with van der Waals surface area (Å²) >= 11 is 0. The molecule has 4 unspecified atom stereocenters. The molecule has 4 atom stereocenters. The van der Waals surface area contributed by atoms with E-state index in [-0.39, 0.29) is 30.3 Å². The molecule has 0 aromatic heterocycles. The van der Waals surface area contributed by atoms with Crippen LogP contribution in [0.3, 0.4) is 0 Å². The number of rotatable bonds is 5. The summed E-state index contributed by atoms with van der Waals surface area (Å²) in [5.41, 5.74) is 6.67. The maximum Gasteiger partial charge on any atom is 0.224 e. The van der Waals surface area contributed by atoms with E-state index in [1.165, 1.54) is 44.9 Å². The van der Waals surface area contributed by atoms with Crippen molar-refractivity contribution in [3.63, 3.8) is 0 Å². The van der Waals surface area contributed by atoms with Crippen LogP contribution in [0.1, 0.15) is 58.8 Å². The third kappa shape index (κ3) is 3.24. The number of hydrogen-bond acceptors (Lipinski definition) is 2. The van der Waals surface area contributed by atoms with Crippen LogP contribution in [0.15, 0.2) is 0 Å². The van der Waals surface area contributed by atoms with Gasteiger partial charge in [-0.2, -0.15) is 0 Å². The molecule has 0 aromatic rings. The summed E-state index contributed by atoms with van der Waals surface area (Å²) in [5.74, 6) is 2.25. The summed E-state index contributed by atoms with van der Waals surface area (Å²) in [7, 11) is 0. The van der Waals surface area contributed by atoms with E-state index in [1.807, 2.05) is 0 Å². The Morgan fingerprint density at radius 3 is 2.43 bits per heavy atom. The molecule has 3 N–H and O–H groups in total. The summed E-state index contributed by atoms with van der Waals surface area (Å²) in [6.45, 7) is 5.45. The summed E-state index contributed by atoms with van der Waals surface area (Å²) in [5, 5.41) is 3.27. The average Bonchev–Trinajstić information content (AvgIpc) is 2.92.